The van der Waals surface area contributed by atoms with Crippen molar-refractivity contribution < 1.29 is 4.39 Å². The Hall–Kier alpha value is -3.62. The third-order valence-corrected chi connectivity index (χ3v) is 6.64. The average molecular weight is 434 g/mol. The van der Waals surface area contributed by atoms with E-state index in [1.165, 1.54) is 54.5 Å². The van der Waals surface area contributed by atoms with Crippen LogP contribution in [-0.4, -0.2) is 0 Å². The lowest BCUT2D eigenvalue weighted by Gasteiger charge is -2.29. The molecule has 0 saturated heterocycles. The second-order valence-corrected chi connectivity index (χ2v) is 8.80. The van der Waals surface area contributed by atoms with Crippen LogP contribution in [0.1, 0.15) is 77.3 Å². The Labute approximate surface area is 196 Å². The smallest absolute Gasteiger partial charge is 0.142 e. The Bertz CT molecular complexity index is 1200. The van der Waals surface area contributed by atoms with Crippen molar-refractivity contribution in [2.24, 2.45) is 0 Å². The van der Waals surface area contributed by atoms with Crippen LogP contribution in [0.5, 0.6) is 0 Å². The summed E-state index contributed by atoms with van der Waals surface area (Å²) >= 11 is 0. The Kier molecular flexibility index (Phi) is 7.39. The molecular formula is C31H28FN. The molecule has 2 heteroatoms. The molecule has 0 amide bonds. The van der Waals surface area contributed by atoms with Gasteiger partial charge in [-0.2, -0.15) is 5.26 Å². The van der Waals surface area contributed by atoms with Gasteiger partial charge in [0.25, 0.3) is 0 Å². The molecule has 33 heavy (non-hydrogen) atoms. The van der Waals surface area contributed by atoms with Gasteiger partial charge in [-0.1, -0.05) is 54.3 Å². The van der Waals surface area contributed by atoms with E-state index in [0.29, 0.717) is 17.4 Å². The van der Waals surface area contributed by atoms with Crippen LogP contribution in [0.4, 0.5) is 4.39 Å². The van der Waals surface area contributed by atoms with E-state index in [-0.39, 0.29) is 5.56 Å². The van der Waals surface area contributed by atoms with Gasteiger partial charge in [0.05, 0.1) is 5.56 Å². The SMILES string of the molecule is C=CCCc1ccc(C2CCC(c3ccc(C#Cc4ccc(C#N)c(F)c4)cc3)CC2)cc1. The van der Waals surface area contributed by atoms with Crippen molar-refractivity contribution >= 4 is 0 Å². The highest BCUT2D eigenvalue weighted by atomic mass is 19.1. The summed E-state index contributed by atoms with van der Waals surface area (Å²) in [4.78, 5) is 0. The lowest BCUT2D eigenvalue weighted by molar-refractivity contribution is 0.396. The fourth-order valence-electron chi connectivity index (χ4n) is 4.65. The van der Waals surface area contributed by atoms with Crippen LogP contribution in [0.25, 0.3) is 0 Å². The first kappa shape index (κ1) is 22.6. The van der Waals surface area contributed by atoms with E-state index in [1.54, 1.807) is 6.07 Å². The minimum absolute atomic E-state index is 0.0418. The minimum atomic E-state index is -0.529. The fraction of sp³-hybridized carbons (Fsp3) is 0.258. The van der Waals surface area contributed by atoms with Gasteiger partial charge in [-0.3, -0.25) is 0 Å². The van der Waals surface area contributed by atoms with E-state index >= 15 is 0 Å². The molecule has 0 spiro atoms. The summed E-state index contributed by atoms with van der Waals surface area (Å²) in [6.07, 6.45) is 8.94. The second kappa shape index (κ2) is 10.8. The van der Waals surface area contributed by atoms with Crippen LogP contribution in [0.2, 0.25) is 0 Å². The van der Waals surface area contributed by atoms with Crippen LogP contribution < -0.4 is 0 Å². The Morgan fingerprint density at radius 1 is 0.818 bits per heavy atom. The van der Waals surface area contributed by atoms with Gasteiger partial charge >= 0.3 is 0 Å². The second-order valence-electron chi connectivity index (χ2n) is 8.80. The summed E-state index contributed by atoms with van der Waals surface area (Å²) in [7, 11) is 0. The fourth-order valence-corrected chi connectivity index (χ4v) is 4.65. The molecule has 1 aliphatic rings. The molecule has 1 fully saturated rings. The maximum Gasteiger partial charge on any atom is 0.142 e. The number of allylic oxidation sites excluding steroid dienone is 1. The zero-order valence-electron chi connectivity index (χ0n) is 18.9. The van der Waals surface area contributed by atoms with Gasteiger partial charge in [0.2, 0.25) is 0 Å². The van der Waals surface area contributed by atoms with Gasteiger partial charge in [0.1, 0.15) is 11.9 Å². The predicted molar refractivity (Wildman–Crippen MR) is 132 cm³/mol. The summed E-state index contributed by atoms with van der Waals surface area (Å²) in [5.74, 6) is 6.81. The molecule has 1 nitrogen and oxygen atoms in total. The number of rotatable bonds is 5. The van der Waals surface area contributed by atoms with Crippen molar-refractivity contribution in [1.29, 1.82) is 5.26 Å². The average Bonchev–Trinajstić information content (AvgIpc) is 2.87. The third kappa shape index (κ3) is 5.79. The van der Waals surface area contributed by atoms with E-state index in [0.717, 1.165) is 18.4 Å². The number of nitrogens with zero attached hydrogens (tertiary/aromatic N) is 1. The number of benzene rings is 3. The van der Waals surface area contributed by atoms with Gasteiger partial charge in [-0.15, -0.1) is 6.58 Å². The van der Waals surface area contributed by atoms with Crippen molar-refractivity contribution in [2.45, 2.75) is 50.4 Å². The molecule has 0 aliphatic heterocycles. The standard InChI is InChI=1S/C31H28FN/c1-2-3-4-23-7-12-26(13-8-23)28-17-19-29(20-18-28)27-14-9-24(10-15-27)5-6-25-11-16-30(22-33)31(32)21-25/h2,7-16,21,28-29H,1,3-4,17-20H2. The highest BCUT2D eigenvalue weighted by molar-refractivity contribution is 5.46. The number of hydrogen-bond acceptors (Lipinski definition) is 1. The lowest BCUT2D eigenvalue weighted by atomic mass is 9.76. The van der Waals surface area contributed by atoms with Crippen molar-refractivity contribution in [3.63, 3.8) is 0 Å². The van der Waals surface area contributed by atoms with E-state index in [4.69, 9.17) is 5.26 Å². The molecule has 0 aromatic heterocycles. The highest BCUT2D eigenvalue weighted by Gasteiger charge is 2.23. The van der Waals surface area contributed by atoms with Gasteiger partial charge in [-0.25, -0.2) is 4.39 Å². The molecule has 3 aromatic rings. The van der Waals surface area contributed by atoms with Crippen molar-refractivity contribution in [1.82, 2.24) is 0 Å². The zero-order valence-corrected chi connectivity index (χ0v) is 18.9. The highest BCUT2D eigenvalue weighted by Crippen LogP contribution is 2.40. The van der Waals surface area contributed by atoms with Crippen LogP contribution >= 0.6 is 0 Å². The first-order valence-corrected chi connectivity index (χ1v) is 11.7. The van der Waals surface area contributed by atoms with Crippen LogP contribution in [0.15, 0.2) is 79.4 Å². The minimum Gasteiger partial charge on any atom is -0.206 e. The van der Waals surface area contributed by atoms with E-state index < -0.39 is 5.82 Å². The van der Waals surface area contributed by atoms with Crippen LogP contribution in [-0.2, 0) is 6.42 Å². The van der Waals surface area contributed by atoms with E-state index in [2.05, 4.69) is 67.0 Å². The maximum absolute atomic E-state index is 13.7. The number of aryl methyl sites for hydroxylation is 1. The number of halogens is 1. The van der Waals surface area contributed by atoms with Crippen molar-refractivity contribution in [3.05, 3.63) is 119 Å². The summed E-state index contributed by atoms with van der Waals surface area (Å²) in [6.45, 7) is 3.81. The molecule has 0 N–H and O–H groups in total. The van der Waals surface area contributed by atoms with Gasteiger partial charge in [0, 0.05) is 11.1 Å². The zero-order chi connectivity index (χ0) is 23.0. The van der Waals surface area contributed by atoms with Gasteiger partial charge < -0.3 is 0 Å². The van der Waals surface area contributed by atoms with Crippen LogP contribution in [0, 0.1) is 29.0 Å². The molecule has 0 unspecified atom stereocenters. The predicted octanol–water partition coefficient (Wildman–Crippen LogP) is 7.66. The van der Waals surface area contributed by atoms with Crippen molar-refractivity contribution in [3.8, 4) is 17.9 Å². The number of hydrogen-bond donors (Lipinski definition) is 0. The molecule has 4 rings (SSSR count). The Balaban J connectivity index is 1.34. The molecule has 1 saturated carbocycles. The molecule has 0 bridgehead atoms. The molecular weight excluding hydrogens is 405 g/mol. The summed E-state index contributed by atoms with van der Waals surface area (Å²) in [5.41, 5.74) is 5.76. The Morgan fingerprint density at radius 3 is 1.91 bits per heavy atom. The summed E-state index contributed by atoms with van der Waals surface area (Å²) in [5, 5.41) is 8.83. The van der Waals surface area contributed by atoms with E-state index in [1.807, 2.05) is 12.1 Å². The maximum atomic E-state index is 13.7. The first-order valence-electron chi connectivity index (χ1n) is 11.7. The monoisotopic (exact) mass is 433 g/mol. The topological polar surface area (TPSA) is 23.8 Å². The summed E-state index contributed by atoms with van der Waals surface area (Å²) < 4.78 is 13.7. The quantitative estimate of drug-likeness (QED) is 0.299. The molecule has 3 aromatic carbocycles. The van der Waals surface area contributed by atoms with Gasteiger partial charge in [0.15, 0.2) is 0 Å². The third-order valence-electron chi connectivity index (χ3n) is 6.64. The largest absolute Gasteiger partial charge is 0.206 e. The molecule has 0 heterocycles. The lowest BCUT2D eigenvalue weighted by Crippen LogP contribution is -2.12. The van der Waals surface area contributed by atoms with Crippen LogP contribution in [0.3, 0.4) is 0 Å². The van der Waals surface area contributed by atoms with Gasteiger partial charge in [-0.05, 0) is 97.4 Å². The van der Waals surface area contributed by atoms with Crippen molar-refractivity contribution in [2.75, 3.05) is 0 Å². The molecule has 1 aliphatic carbocycles. The Morgan fingerprint density at radius 2 is 1.36 bits per heavy atom. The molecule has 0 atom stereocenters. The first-order chi connectivity index (χ1) is 16.2. The number of nitriles is 1. The normalized spacial score (nSPS) is 17.5. The summed E-state index contributed by atoms with van der Waals surface area (Å²) in [6, 6.07) is 23.9. The van der Waals surface area contributed by atoms with E-state index in [9.17, 15) is 4.39 Å². The molecule has 164 valence electrons. The molecule has 0 radical (unpaired) electrons.